The molecule has 2 rings (SSSR count). The van der Waals surface area contributed by atoms with E-state index in [2.05, 4.69) is 18.8 Å². The molecule has 2 heterocycles. The fraction of sp³-hybridized carbons (Fsp3) is 0.643. The molecule has 1 atom stereocenters. The zero-order chi connectivity index (χ0) is 14.7. The summed E-state index contributed by atoms with van der Waals surface area (Å²) in [6, 6.07) is 0. The zero-order valence-corrected chi connectivity index (χ0v) is 12.0. The maximum Gasteiger partial charge on any atom is 0.303 e. The predicted molar refractivity (Wildman–Crippen MR) is 75.9 cm³/mol. The summed E-state index contributed by atoms with van der Waals surface area (Å²) in [7, 11) is 0. The van der Waals surface area contributed by atoms with Crippen LogP contribution >= 0.6 is 0 Å². The number of carbonyl (C=O) groups is 1. The lowest BCUT2D eigenvalue weighted by Gasteiger charge is -2.18. The molecule has 1 aliphatic heterocycles. The van der Waals surface area contributed by atoms with Crippen molar-refractivity contribution in [3.8, 4) is 0 Å². The number of aliphatic carboxylic acids is 1. The van der Waals surface area contributed by atoms with Gasteiger partial charge in [0.25, 0.3) is 5.56 Å². The maximum absolute atomic E-state index is 12.4. The van der Waals surface area contributed by atoms with Crippen molar-refractivity contribution >= 4 is 11.8 Å². The van der Waals surface area contributed by atoms with E-state index in [0.29, 0.717) is 31.4 Å². The van der Waals surface area contributed by atoms with Crippen molar-refractivity contribution in [2.75, 3.05) is 18.0 Å². The van der Waals surface area contributed by atoms with Gasteiger partial charge < -0.3 is 14.6 Å². The summed E-state index contributed by atoms with van der Waals surface area (Å²) in [5, 5.41) is 8.83. The lowest BCUT2D eigenvalue weighted by Crippen LogP contribution is -2.32. The molecule has 1 fully saturated rings. The number of hydrogen-bond acceptors (Lipinski definition) is 4. The molecule has 0 bridgehead atoms. The molecule has 1 unspecified atom stereocenters. The van der Waals surface area contributed by atoms with Gasteiger partial charge >= 0.3 is 5.97 Å². The smallest absolute Gasteiger partial charge is 0.303 e. The lowest BCUT2D eigenvalue weighted by atomic mass is 10.1. The molecule has 1 aromatic rings. The highest BCUT2D eigenvalue weighted by Gasteiger charge is 2.27. The fourth-order valence-electron chi connectivity index (χ4n) is 2.63. The Balaban J connectivity index is 2.14. The summed E-state index contributed by atoms with van der Waals surface area (Å²) >= 11 is 0. The molecule has 0 saturated carbocycles. The predicted octanol–water partition coefficient (Wildman–Crippen LogP) is 1.20. The first-order valence-electron chi connectivity index (χ1n) is 6.99. The first kappa shape index (κ1) is 14.6. The molecule has 1 saturated heterocycles. The SMILES string of the molecule is CC(C)Cn1ccnc(N2CCC(CC(=O)O)C2)c1=O. The van der Waals surface area contributed by atoms with Gasteiger partial charge in [-0.05, 0) is 18.3 Å². The van der Waals surface area contributed by atoms with Crippen LogP contribution in [0.15, 0.2) is 17.2 Å². The molecule has 0 aromatic carbocycles. The molecule has 1 aromatic heterocycles. The van der Waals surface area contributed by atoms with Gasteiger partial charge in [0, 0.05) is 38.4 Å². The Bertz CT molecular complexity index is 539. The van der Waals surface area contributed by atoms with E-state index in [4.69, 9.17) is 5.11 Å². The minimum atomic E-state index is -0.782. The number of hydrogen-bond donors (Lipinski definition) is 1. The van der Waals surface area contributed by atoms with E-state index in [1.54, 1.807) is 17.0 Å². The summed E-state index contributed by atoms with van der Waals surface area (Å²) < 4.78 is 1.68. The minimum absolute atomic E-state index is 0.0859. The van der Waals surface area contributed by atoms with Gasteiger partial charge in [-0.2, -0.15) is 0 Å². The number of rotatable bonds is 5. The Labute approximate surface area is 118 Å². The summed E-state index contributed by atoms with van der Waals surface area (Å²) in [6.45, 7) is 6.09. The van der Waals surface area contributed by atoms with Crippen molar-refractivity contribution in [1.29, 1.82) is 0 Å². The van der Waals surface area contributed by atoms with Crippen LogP contribution in [0.4, 0.5) is 5.82 Å². The van der Waals surface area contributed by atoms with E-state index in [-0.39, 0.29) is 17.9 Å². The number of anilines is 1. The molecule has 1 aliphatic rings. The monoisotopic (exact) mass is 279 g/mol. The van der Waals surface area contributed by atoms with E-state index >= 15 is 0 Å². The first-order valence-corrected chi connectivity index (χ1v) is 6.99. The Morgan fingerprint density at radius 1 is 1.55 bits per heavy atom. The second-order valence-electron chi connectivity index (χ2n) is 5.80. The quantitative estimate of drug-likeness (QED) is 0.876. The van der Waals surface area contributed by atoms with Crippen LogP contribution in [0.5, 0.6) is 0 Å². The van der Waals surface area contributed by atoms with Gasteiger partial charge in [-0.25, -0.2) is 4.98 Å². The second-order valence-corrected chi connectivity index (χ2v) is 5.80. The molecule has 0 spiro atoms. The zero-order valence-electron chi connectivity index (χ0n) is 12.0. The third-order valence-electron chi connectivity index (χ3n) is 3.51. The summed E-state index contributed by atoms with van der Waals surface area (Å²) in [5.74, 6) is 0.157. The van der Waals surface area contributed by atoms with Crippen LogP contribution in [0.25, 0.3) is 0 Å². The van der Waals surface area contributed by atoms with Crippen molar-refractivity contribution in [3.63, 3.8) is 0 Å². The minimum Gasteiger partial charge on any atom is -0.481 e. The van der Waals surface area contributed by atoms with Gasteiger partial charge in [0.05, 0.1) is 0 Å². The average molecular weight is 279 g/mol. The Morgan fingerprint density at radius 3 is 2.95 bits per heavy atom. The normalized spacial score (nSPS) is 18.8. The molecular formula is C14H21N3O3. The third kappa shape index (κ3) is 3.37. The number of carboxylic acid groups (broad SMARTS) is 1. The molecule has 110 valence electrons. The fourth-order valence-corrected chi connectivity index (χ4v) is 2.63. The number of aromatic nitrogens is 2. The lowest BCUT2D eigenvalue weighted by molar-refractivity contribution is -0.137. The van der Waals surface area contributed by atoms with Gasteiger partial charge in [0.1, 0.15) is 0 Å². The Morgan fingerprint density at radius 2 is 2.30 bits per heavy atom. The van der Waals surface area contributed by atoms with Crippen LogP contribution in [0.1, 0.15) is 26.7 Å². The van der Waals surface area contributed by atoms with Crippen molar-refractivity contribution in [3.05, 3.63) is 22.7 Å². The van der Waals surface area contributed by atoms with Crippen LogP contribution in [0.2, 0.25) is 0 Å². The molecule has 0 aliphatic carbocycles. The number of carboxylic acids is 1. The van der Waals surface area contributed by atoms with E-state index < -0.39 is 5.97 Å². The molecule has 6 heteroatoms. The Kier molecular flexibility index (Phi) is 4.42. The molecule has 6 nitrogen and oxygen atoms in total. The second kappa shape index (κ2) is 6.07. The van der Waals surface area contributed by atoms with Crippen molar-refractivity contribution in [1.82, 2.24) is 9.55 Å². The average Bonchev–Trinajstić information content (AvgIpc) is 2.78. The van der Waals surface area contributed by atoms with Gasteiger partial charge in [-0.15, -0.1) is 0 Å². The summed E-state index contributed by atoms with van der Waals surface area (Å²) in [6.07, 6.45) is 4.30. The van der Waals surface area contributed by atoms with Crippen molar-refractivity contribution in [2.24, 2.45) is 11.8 Å². The van der Waals surface area contributed by atoms with E-state index in [1.807, 2.05) is 4.90 Å². The molecule has 0 amide bonds. The van der Waals surface area contributed by atoms with Gasteiger partial charge in [0.2, 0.25) is 0 Å². The van der Waals surface area contributed by atoms with E-state index in [1.165, 1.54) is 0 Å². The van der Waals surface area contributed by atoms with Crippen LogP contribution in [-0.4, -0.2) is 33.7 Å². The Hall–Kier alpha value is -1.85. The van der Waals surface area contributed by atoms with Crippen LogP contribution < -0.4 is 10.5 Å². The standard InChI is InChI=1S/C14H21N3O3/c1-10(2)8-17-6-4-15-13(14(17)20)16-5-3-11(9-16)7-12(18)19/h4,6,10-11H,3,5,7-9H2,1-2H3,(H,18,19). The summed E-state index contributed by atoms with van der Waals surface area (Å²) in [4.78, 5) is 29.2. The molecule has 0 radical (unpaired) electrons. The summed E-state index contributed by atoms with van der Waals surface area (Å²) in [5.41, 5.74) is -0.0859. The van der Waals surface area contributed by atoms with Gasteiger partial charge in [0.15, 0.2) is 5.82 Å². The maximum atomic E-state index is 12.4. The van der Waals surface area contributed by atoms with Crippen LogP contribution in [0.3, 0.4) is 0 Å². The van der Waals surface area contributed by atoms with Crippen LogP contribution in [-0.2, 0) is 11.3 Å². The third-order valence-corrected chi connectivity index (χ3v) is 3.51. The van der Waals surface area contributed by atoms with Gasteiger partial charge in [-0.3, -0.25) is 9.59 Å². The molecule has 1 N–H and O–H groups in total. The molecular weight excluding hydrogens is 258 g/mol. The van der Waals surface area contributed by atoms with Crippen molar-refractivity contribution in [2.45, 2.75) is 33.2 Å². The highest BCUT2D eigenvalue weighted by Crippen LogP contribution is 2.22. The van der Waals surface area contributed by atoms with E-state index in [0.717, 1.165) is 6.42 Å². The largest absolute Gasteiger partial charge is 0.481 e. The first-order chi connectivity index (χ1) is 9.47. The number of nitrogens with zero attached hydrogens (tertiary/aromatic N) is 3. The van der Waals surface area contributed by atoms with Crippen molar-refractivity contribution < 1.29 is 9.90 Å². The topological polar surface area (TPSA) is 75.4 Å². The van der Waals surface area contributed by atoms with Gasteiger partial charge in [-0.1, -0.05) is 13.8 Å². The van der Waals surface area contributed by atoms with E-state index in [9.17, 15) is 9.59 Å². The van der Waals surface area contributed by atoms with Crippen LogP contribution in [0, 0.1) is 11.8 Å². The highest BCUT2D eigenvalue weighted by atomic mass is 16.4. The molecule has 20 heavy (non-hydrogen) atoms. The highest BCUT2D eigenvalue weighted by molar-refractivity contribution is 5.67.